The fourth-order valence-electron chi connectivity index (χ4n) is 1.30. The fourth-order valence-corrected chi connectivity index (χ4v) is 2.44. The minimum absolute atomic E-state index is 0.174. The largest absolute Gasteiger partial charge is 0.313 e. The van der Waals surface area contributed by atoms with Crippen LogP contribution in [-0.2, 0) is 16.6 Å². The molecule has 104 valence electrons. The predicted octanol–water partition coefficient (Wildman–Crippen LogP) is 0.453. The van der Waals surface area contributed by atoms with Gasteiger partial charge in [-0.15, -0.1) is 0 Å². The smallest absolute Gasteiger partial charge is 0.257 e. The van der Waals surface area contributed by atoms with E-state index in [-0.39, 0.29) is 5.03 Å². The lowest BCUT2D eigenvalue weighted by molar-refractivity contribution is 0.153. The summed E-state index contributed by atoms with van der Waals surface area (Å²) < 4.78 is 49.2. The SMILES string of the molecule is CCCNCc1cn[nH]c1S(=O)(=O)NCC(F)F. The molecule has 0 aromatic carbocycles. The van der Waals surface area contributed by atoms with Crippen LogP contribution in [0.4, 0.5) is 8.78 Å². The summed E-state index contributed by atoms with van der Waals surface area (Å²) in [7, 11) is -3.97. The van der Waals surface area contributed by atoms with Gasteiger partial charge in [0.15, 0.2) is 5.03 Å². The van der Waals surface area contributed by atoms with Crippen molar-refractivity contribution in [3.05, 3.63) is 11.8 Å². The van der Waals surface area contributed by atoms with Crippen molar-refractivity contribution in [3.8, 4) is 0 Å². The van der Waals surface area contributed by atoms with Crippen molar-refractivity contribution in [2.24, 2.45) is 0 Å². The third-order valence-electron chi connectivity index (χ3n) is 2.12. The quantitative estimate of drug-likeness (QED) is 0.604. The van der Waals surface area contributed by atoms with E-state index in [2.05, 4.69) is 15.5 Å². The zero-order valence-corrected chi connectivity index (χ0v) is 10.7. The van der Waals surface area contributed by atoms with Crippen molar-refractivity contribution >= 4 is 10.0 Å². The third kappa shape index (κ3) is 4.31. The number of nitrogens with one attached hydrogen (secondary N) is 3. The molecule has 0 fully saturated rings. The molecule has 0 bridgehead atoms. The summed E-state index contributed by atoms with van der Waals surface area (Å²) in [6, 6.07) is 0. The molecule has 0 aliphatic heterocycles. The molecule has 18 heavy (non-hydrogen) atoms. The van der Waals surface area contributed by atoms with Crippen molar-refractivity contribution in [2.45, 2.75) is 31.3 Å². The molecular formula is C9H16F2N4O2S. The van der Waals surface area contributed by atoms with E-state index < -0.39 is 23.0 Å². The average Bonchev–Trinajstić information content (AvgIpc) is 2.76. The van der Waals surface area contributed by atoms with Crippen molar-refractivity contribution < 1.29 is 17.2 Å². The van der Waals surface area contributed by atoms with E-state index in [1.54, 1.807) is 0 Å². The van der Waals surface area contributed by atoms with Gasteiger partial charge >= 0.3 is 0 Å². The van der Waals surface area contributed by atoms with Crippen LogP contribution in [0, 0.1) is 0 Å². The zero-order chi connectivity index (χ0) is 13.6. The van der Waals surface area contributed by atoms with Gasteiger partial charge in [-0.3, -0.25) is 5.10 Å². The molecule has 0 saturated heterocycles. The Morgan fingerprint density at radius 1 is 1.50 bits per heavy atom. The van der Waals surface area contributed by atoms with E-state index in [1.165, 1.54) is 6.20 Å². The van der Waals surface area contributed by atoms with E-state index in [1.807, 2.05) is 11.6 Å². The van der Waals surface area contributed by atoms with Gasteiger partial charge in [-0.1, -0.05) is 6.92 Å². The molecule has 0 spiro atoms. The number of sulfonamides is 1. The van der Waals surface area contributed by atoms with Crippen LogP contribution < -0.4 is 10.0 Å². The average molecular weight is 282 g/mol. The lowest BCUT2D eigenvalue weighted by Gasteiger charge is -2.07. The standard InChI is InChI=1S/C9H16F2N4O2S/c1-2-3-12-4-7-5-13-15-9(7)18(16,17)14-6-8(10)11/h5,8,12,14H,2-4,6H2,1H3,(H,13,15). The maximum atomic E-state index is 12.0. The minimum Gasteiger partial charge on any atom is -0.313 e. The van der Waals surface area contributed by atoms with Gasteiger partial charge in [0, 0.05) is 12.1 Å². The molecule has 9 heteroatoms. The molecule has 0 saturated carbocycles. The Labute approximate surface area is 104 Å². The summed E-state index contributed by atoms with van der Waals surface area (Å²) >= 11 is 0. The van der Waals surface area contributed by atoms with E-state index in [0.717, 1.165) is 13.0 Å². The monoisotopic (exact) mass is 282 g/mol. The van der Waals surface area contributed by atoms with Gasteiger partial charge in [-0.2, -0.15) is 5.10 Å². The van der Waals surface area contributed by atoms with Crippen LogP contribution in [0.15, 0.2) is 11.2 Å². The molecule has 3 N–H and O–H groups in total. The molecule has 0 radical (unpaired) electrons. The normalized spacial score (nSPS) is 12.2. The van der Waals surface area contributed by atoms with Crippen LogP contribution in [0.1, 0.15) is 18.9 Å². The highest BCUT2D eigenvalue weighted by Crippen LogP contribution is 2.11. The maximum absolute atomic E-state index is 12.0. The molecule has 0 aliphatic carbocycles. The molecule has 1 rings (SSSR count). The third-order valence-corrected chi connectivity index (χ3v) is 3.55. The predicted molar refractivity (Wildman–Crippen MR) is 61.8 cm³/mol. The molecule has 0 aliphatic rings. The summed E-state index contributed by atoms with van der Waals surface area (Å²) in [6.45, 7) is 2.11. The number of hydrogen-bond acceptors (Lipinski definition) is 4. The second-order valence-corrected chi connectivity index (χ2v) is 5.35. The topological polar surface area (TPSA) is 86.9 Å². The molecule has 0 atom stereocenters. The summed E-state index contributed by atoms with van der Waals surface area (Å²) in [5.74, 6) is 0. The second kappa shape index (κ2) is 6.76. The van der Waals surface area contributed by atoms with Gasteiger partial charge in [0.2, 0.25) is 0 Å². The van der Waals surface area contributed by atoms with Crippen molar-refractivity contribution in [3.63, 3.8) is 0 Å². The Morgan fingerprint density at radius 2 is 2.22 bits per heavy atom. The fraction of sp³-hybridized carbons (Fsp3) is 0.667. The van der Waals surface area contributed by atoms with Gasteiger partial charge in [-0.25, -0.2) is 21.9 Å². The van der Waals surface area contributed by atoms with Crippen LogP contribution in [0.25, 0.3) is 0 Å². The first-order chi connectivity index (χ1) is 8.47. The van der Waals surface area contributed by atoms with Gasteiger partial charge in [0.05, 0.1) is 12.7 Å². The molecule has 1 aromatic heterocycles. The van der Waals surface area contributed by atoms with Crippen LogP contribution in [0.2, 0.25) is 0 Å². The van der Waals surface area contributed by atoms with Crippen LogP contribution >= 0.6 is 0 Å². The highest BCUT2D eigenvalue weighted by Gasteiger charge is 2.21. The summed E-state index contributed by atoms with van der Waals surface area (Å²) in [5, 5.41) is 8.77. The lowest BCUT2D eigenvalue weighted by atomic mass is 10.3. The van der Waals surface area contributed by atoms with E-state index in [0.29, 0.717) is 12.1 Å². The highest BCUT2D eigenvalue weighted by molar-refractivity contribution is 7.89. The van der Waals surface area contributed by atoms with Crippen molar-refractivity contribution in [2.75, 3.05) is 13.1 Å². The Hall–Kier alpha value is -1.06. The summed E-state index contributed by atoms with van der Waals surface area (Å²) in [5.41, 5.74) is 0.421. The van der Waals surface area contributed by atoms with Gasteiger partial charge < -0.3 is 5.32 Å². The zero-order valence-electron chi connectivity index (χ0n) is 9.91. The lowest BCUT2D eigenvalue weighted by Crippen LogP contribution is -2.30. The Morgan fingerprint density at radius 3 is 2.83 bits per heavy atom. The number of rotatable bonds is 8. The number of H-pyrrole nitrogens is 1. The van der Waals surface area contributed by atoms with E-state index >= 15 is 0 Å². The molecular weight excluding hydrogens is 266 g/mol. The molecule has 1 aromatic rings. The van der Waals surface area contributed by atoms with Gasteiger partial charge in [0.25, 0.3) is 16.4 Å². The molecule has 0 unspecified atom stereocenters. The Bertz CT molecular complexity index is 461. The number of aromatic nitrogens is 2. The second-order valence-electron chi connectivity index (χ2n) is 3.64. The molecule has 0 amide bonds. The Balaban J connectivity index is 2.73. The van der Waals surface area contributed by atoms with Crippen LogP contribution in [-0.4, -0.2) is 38.1 Å². The number of nitrogens with zero attached hydrogens (tertiary/aromatic N) is 1. The van der Waals surface area contributed by atoms with E-state index in [9.17, 15) is 17.2 Å². The van der Waals surface area contributed by atoms with E-state index in [4.69, 9.17) is 0 Å². The minimum atomic E-state index is -3.97. The van der Waals surface area contributed by atoms with Gasteiger partial charge in [-0.05, 0) is 13.0 Å². The summed E-state index contributed by atoms with van der Waals surface area (Å²) in [4.78, 5) is 0. The van der Waals surface area contributed by atoms with Crippen molar-refractivity contribution in [1.29, 1.82) is 0 Å². The first kappa shape index (κ1) is 15.0. The van der Waals surface area contributed by atoms with Crippen LogP contribution in [0.3, 0.4) is 0 Å². The van der Waals surface area contributed by atoms with Crippen LogP contribution in [0.5, 0.6) is 0 Å². The number of aromatic amines is 1. The molecule has 1 heterocycles. The first-order valence-corrected chi connectivity index (χ1v) is 6.96. The highest BCUT2D eigenvalue weighted by atomic mass is 32.2. The van der Waals surface area contributed by atoms with Gasteiger partial charge in [0.1, 0.15) is 0 Å². The maximum Gasteiger partial charge on any atom is 0.257 e. The van der Waals surface area contributed by atoms with Crippen molar-refractivity contribution in [1.82, 2.24) is 20.2 Å². The summed E-state index contributed by atoms with van der Waals surface area (Å²) in [6.07, 6.45) is -0.465. The Kier molecular flexibility index (Phi) is 5.63. The number of alkyl halides is 2. The molecule has 6 nitrogen and oxygen atoms in total. The number of halogens is 2. The number of hydrogen-bond donors (Lipinski definition) is 3. The first-order valence-electron chi connectivity index (χ1n) is 5.48.